The van der Waals surface area contributed by atoms with Gasteiger partial charge in [0, 0.05) is 19.3 Å². The van der Waals surface area contributed by atoms with Crippen LogP contribution >= 0.6 is 0 Å². The van der Waals surface area contributed by atoms with E-state index in [9.17, 15) is 33.9 Å². The number of rotatable bonds is 15. The second kappa shape index (κ2) is 14.3. The molecule has 0 spiro atoms. The molecule has 0 saturated heterocycles. The van der Waals surface area contributed by atoms with Gasteiger partial charge in [-0.3, -0.25) is 24.0 Å². The summed E-state index contributed by atoms with van der Waals surface area (Å²) in [7, 11) is 0. The smallest absolute Gasteiger partial charge is 0.326 e. The molecule has 3 amide bonds. The summed E-state index contributed by atoms with van der Waals surface area (Å²) in [5.74, 6) is -6.22. The number of hydrogen-bond donors (Lipinski definition) is 7. The molecule has 0 saturated carbocycles. The van der Waals surface area contributed by atoms with Crippen molar-refractivity contribution < 1.29 is 44.1 Å². The van der Waals surface area contributed by atoms with Crippen molar-refractivity contribution >= 4 is 35.6 Å². The second-order valence-electron chi connectivity index (χ2n) is 7.85. The van der Waals surface area contributed by atoms with Crippen LogP contribution in [0.5, 0.6) is 0 Å². The Labute approximate surface area is 201 Å². The standard InChI is InChI=1S/C22H30N4O9/c1-12(24-20(32)14(23)7-9-17(27)28)19(31)25-15(8-10-18(29)30)21(33)26-16(22(34)35)11-13-5-3-2-4-6-13/h2-6,12,14-16H,7-11,23H2,1H3,(H,24,32)(H,25,31)(H,26,33)(H,27,28)(H,29,30)(H,34,35)/t12-,14-,15-,16-/m0/s1. The molecule has 0 fully saturated rings. The van der Waals surface area contributed by atoms with E-state index in [1.165, 1.54) is 6.92 Å². The van der Waals surface area contributed by atoms with Gasteiger partial charge in [0.15, 0.2) is 0 Å². The SMILES string of the molecule is C[C@H](NC(=O)[C@@H](N)CCC(=O)O)C(=O)N[C@@H](CCC(=O)O)C(=O)N[C@@H](Cc1ccccc1)C(=O)O. The first kappa shape index (κ1) is 29.0. The van der Waals surface area contributed by atoms with Crippen LogP contribution in [0.4, 0.5) is 0 Å². The Kier molecular flexibility index (Phi) is 11.9. The van der Waals surface area contributed by atoms with E-state index in [0.717, 1.165) is 0 Å². The zero-order valence-corrected chi connectivity index (χ0v) is 19.1. The molecule has 0 aliphatic rings. The van der Waals surface area contributed by atoms with Gasteiger partial charge in [-0.2, -0.15) is 0 Å². The molecule has 1 rings (SSSR count). The fourth-order valence-electron chi connectivity index (χ4n) is 2.95. The van der Waals surface area contributed by atoms with Gasteiger partial charge in [0.05, 0.1) is 6.04 Å². The van der Waals surface area contributed by atoms with Gasteiger partial charge in [-0.15, -0.1) is 0 Å². The average molecular weight is 495 g/mol. The normalized spacial score (nSPS) is 14.0. The predicted molar refractivity (Wildman–Crippen MR) is 121 cm³/mol. The van der Waals surface area contributed by atoms with Crippen LogP contribution in [0.25, 0.3) is 0 Å². The zero-order chi connectivity index (χ0) is 26.5. The first-order valence-electron chi connectivity index (χ1n) is 10.8. The Hall–Kier alpha value is -4.00. The highest BCUT2D eigenvalue weighted by Gasteiger charge is 2.29. The molecule has 192 valence electrons. The minimum Gasteiger partial charge on any atom is -0.481 e. The topological polar surface area (TPSA) is 225 Å². The number of benzene rings is 1. The van der Waals surface area contributed by atoms with Crippen LogP contribution in [0.2, 0.25) is 0 Å². The maximum Gasteiger partial charge on any atom is 0.326 e. The zero-order valence-electron chi connectivity index (χ0n) is 19.1. The molecule has 13 heteroatoms. The number of nitrogens with two attached hydrogens (primary N) is 1. The number of aliphatic carboxylic acids is 3. The molecular weight excluding hydrogens is 464 g/mol. The first-order valence-corrected chi connectivity index (χ1v) is 10.8. The van der Waals surface area contributed by atoms with Crippen LogP contribution in [-0.2, 0) is 35.2 Å². The highest BCUT2D eigenvalue weighted by molar-refractivity contribution is 5.94. The van der Waals surface area contributed by atoms with E-state index in [-0.39, 0.29) is 25.7 Å². The van der Waals surface area contributed by atoms with E-state index in [2.05, 4.69) is 16.0 Å². The number of nitrogens with one attached hydrogen (secondary N) is 3. The van der Waals surface area contributed by atoms with Crippen molar-refractivity contribution in [2.75, 3.05) is 0 Å². The van der Waals surface area contributed by atoms with Crippen LogP contribution in [0.1, 0.15) is 38.2 Å². The molecule has 0 aliphatic carbocycles. The molecule has 0 aliphatic heterocycles. The van der Waals surface area contributed by atoms with E-state index in [1.54, 1.807) is 30.3 Å². The third-order valence-corrected chi connectivity index (χ3v) is 4.94. The summed E-state index contributed by atoms with van der Waals surface area (Å²) in [5, 5.41) is 34.0. The first-order chi connectivity index (χ1) is 16.4. The summed E-state index contributed by atoms with van der Waals surface area (Å²) in [5.41, 5.74) is 6.24. The molecule has 1 aromatic rings. The summed E-state index contributed by atoms with van der Waals surface area (Å²) in [6.45, 7) is 1.29. The van der Waals surface area contributed by atoms with Gasteiger partial charge in [0.2, 0.25) is 17.7 Å². The lowest BCUT2D eigenvalue weighted by atomic mass is 10.0. The van der Waals surface area contributed by atoms with Crippen molar-refractivity contribution in [3.63, 3.8) is 0 Å². The summed E-state index contributed by atoms with van der Waals surface area (Å²) >= 11 is 0. The van der Waals surface area contributed by atoms with E-state index in [4.69, 9.17) is 15.9 Å². The number of carbonyl (C=O) groups excluding carboxylic acids is 3. The van der Waals surface area contributed by atoms with Gasteiger partial charge in [0.1, 0.15) is 18.1 Å². The molecule has 0 aromatic heterocycles. The highest BCUT2D eigenvalue weighted by Crippen LogP contribution is 2.06. The summed E-state index contributed by atoms with van der Waals surface area (Å²) in [6, 6.07) is 3.41. The van der Waals surface area contributed by atoms with E-state index in [0.29, 0.717) is 5.56 Å². The van der Waals surface area contributed by atoms with Crippen LogP contribution < -0.4 is 21.7 Å². The van der Waals surface area contributed by atoms with Crippen molar-refractivity contribution in [2.24, 2.45) is 5.73 Å². The Balaban J connectivity index is 2.83. The molecule has 0 heterocycles. The lowest BCUT2D eigenvalue weighted by Crippen LogP contribution is -2.56. The largest absolute Gasteiger partial charge is 0.481 e. The molecular formula is C22H30N4O9. The number of hydrogen-bond acceptors (Lipinski definition) is 7. The number of carboxylic acid groups (broad SMARTS) is 3. The molecule has 0 unspecified atom stereocenters. The van der Waals surface area contributed by atoms with E-state index >= 15 is 0 Å². The Morgan fingerprint density at radius 2 is 1.31 bits per heavy atom. The monoisotopic (exact) mass is 494 g/mol. The second-order valence-corrected chi connectivity index (χ2v) is 7.85. The van der Waals surface area contributed by atoms with Gasteiger partial charge >= 0.3 is 17.9 Å². The summed E-state index contributed by atoms with van der Waals surface area (Å²) < 4.78 is 0. The van der Waals surface area contributed by atoms with Gasteiger partial charge < -0.3 is 37.0 Å². The van der Waals surface area contributed by atoms with Crippen LogP contribution in [0.15, 0.2) is 30.3 Å². The van der Waals surface area contributed by atoms with Crippen LogP contribution in [-0.4, -0.2) is 75.1 Å². The summed E-state index contributed by atoms with van der Waals surface area (Å²) in [4.78, 5) is 70.6. The Morgan fingerprint density at radius 1 is 0.771 bits per heavy atom. The van der Waals surface area contributed by atoms with Gasteiger partial charge in [-0.25, -0.2) is 4.79 Å². The molecule has 13 nitrogen and oxygen atoms in total. The average Bonchev–Trinajstić information content (AvgIpc) is 2.79. The fraction of sp³-hybridized carbons (Fsp3) is 0.455. The third-order valence-electron chi connectivity index (χ3n) is 4.94. The molecule has 1 aromatic carbocycles. The predicted octanol–water partition coefficient (Wildman–Crippen LogP) is -1.16. The Bertz CT molecular complexity index is 923. The van der Waals surface area contributed by atoms with Crippen molar-refractivity contribution in [2.45, 2.75) is 63.2 Å². The van der Waals surface area contributed by atoms with Gasteiger partial charge in [-0.1, -0.05) is 30.3 Å². The Morgan fingerprint density at radius 3 is 1.86 bits per heavy atom. The highest BCUT2D eigenvalue weighted by atomic mass is 16.4. The minimum atomic E-state index is -1.39. The van der Waals surface area contributed by atoms with Crippen molar-refractivity contribution in [3.05, 3.63) is 35.9 Å². The molecule has 0 radical (unpaired) electrons. The van der Waals surface area contributed by atoms with Crippen LogP contribution in [0, 0.1) is 0 Å². The van der Waals surface area contributed by atoms with E-state index in [1.807, 2.05) is 0 Å². The van der Waals surface area contributed by atoms with Gasteiger partial charge in [-0.05, 0) is 25.3 Å². The fourth-order valence-corrected chi connectivity index (χ4v) is 2.95. The quantitative estimate of drug-likeness (QED) is 0.155. The lowest BCUT2D eigenvalue weighted by molar-refractivity contribution is -0.143. The van der Waals surface area contributed by atoms with Crippen LogP contribution in [0.3, 0.4) is 0 Å². The maximum absolute atomic E-state index is 12.8. The number of carbonyl (C=O) groups is 6. The number of carboxylic acids is 3. The molecule has 4 atom stereocenters. The number of amides is 3. The maximum atomic E-state index is 12.8. The van der Waals surface area contributed by atoms with Gasteiger partial charge in [0.25, 0.3) is 0 Å². The molecule has 0 bridgehead atoms. The lowest BCUT2D eigenvalue weighted by Gasteiger charge is -2.23. The molecule has 8 N–H and O–H groups in total. The summed E-state index contributed by atoms with van der Waals surface area (Å²) in [6.07, 6.45) is -1.36. The van der Waals surface area contributed by atoms with Crippen molar-refractivity contribution in [1.29, 1.82) is 0 Å². The van der Waals surface area contributed by atoms with Crippen molar-refractivity contribution in [3.8, 4) is 0 Å². The van der Waals surface area contributed by atoms with E-state index < -0.39 is 66.2 Å². The van der Waals surface area contributed by atoms with Crippen molar-refractivity contribution in [1.82, 2.24) is 16.0 Å². The minimum absolute atomic E-state index is 0.0395. The third kappa shape index (κ3) is 11.1. The molecule has 35 heavy (non-hydrogen) atoms.